The lowest BCUT2D eigenvalue weighted by atomic mass is 10.0. The van der Waals surface area contributed by atoms with Crippen molar-refractivity contribution in [1.29, 1.82) is 0 Å². The van der Waals surface area contributed by atoms with Crippen LogP contribution in [-0.2, 0) is 17.6 Å². The highest BCUT2D eigenvalue weighted by atomic mass is 16.5. The van der Waals surface area contributed by atoms with Gasteiger partial charge in [-0.05, 0) is 30.9 Å². The van der Waals surface area contributed by atoms with Crippen molar-refractivity contribution in [2.75, 3.05) is 6.61 Å². The molecule has 0 spiro atoms. The molecule has 0 aliphatic carbocycles. The molecule has 0 bridgehead atoms. The molecular weight excluding hydrogens is 212 g/mol. The topological polar surface area (TPSA) is 29.5 Å². The van der Waals surface area contributed by atoms with Gasteiger partial charge >= 0.3 is 0 Å². The lowest BCUT2D eigenvalue weighted by molar-refractivity contribution is -0.0334. The van der Waals surface area contributed by atoms with Gasteiger partial charge in [-0.1, -0.05) is 38.1 Å². The SMILES string of the molecule is CCOC(CC)C(O)Cc1ccc(CC)cc1. The van der Waals surface area contributed by atoms with Gasteiger partial charge in [-0.15, -0.1) is 0 Å². The largest absolute Gasteiger partial charge is 0.390 e. The Morgan fingerprint density at radius 3 is 2.12 bits per heavy atom. The smallest absolute Gasteiger partial charge is 0.0841 e. The van der Waals surface area contributed by atoms with Gasteiger partial charge in [0.1, 0.15) is 0 Å². The highest BCUT2D eigenvalue weighted by molar-refractivity contribution is 5.23. The van der Waals surface area contributed by atoms with Gasteiger partial charge in [-0.2, -0.15) is 0 Å². The molecule has 0 saturated carbocycles. The molecule has 0 amide bonds. The van der Waals surface area contributed by atoms with E-state index in [0.29, 0.717) is 13.0 Å². The van der Waals surface area contributed by atoms with Crippen LogP contribution in [0.2, 0.25) is 0 Å². The summed E-state index contributed by atoms with van der Waals surface area (Å²) in [4.78, 5) is 0. The molecule has 17 heavy (non-hydrogen) atoms. The molecule has 2 heteroatoms. The Morgan fingerprint density at radius 1 is 1.06 bits per heavy atom. The molecule has 2 nitrogen and oxygen atoms in total. The molecule has 0 fully saturated rings. The predicted octanol–water partition coefficient (Wildman–Crippen LogP) is 2.97. The van der Waals surface area contributed by atoms with Crippen LogP contribution in [0.3, 0.4) is 0 Å². The Hall–Kier alpha value is -0.860. The molecule has 0 saturated heterocycles. The quantitative estimate of drug-likeness (QED) is 0.788. The fourth-order valence-corrected chi connectivity index (χ4v) is 2.00. The summed E-state index contributed by atoms with van der Waals surface area (Å²) < 4.78 is 5.52. The fraction of sp³-hybridized carbons (Fsp3) is 0.600. The zero-order valence-electron chi connectivity index (χ0n) is 11.1. The van der Waals surface area contributed by atoms with Crippen LogP contribution < -0.4 is 0 Å². The molecule has 0 heterocycles. The van der Waals surface area contributed by atoms with Crippen molar-refractivity contribution in [3.63, 3.8) is 0 Å². The minimum absolute atomic E-state index is 0.0501. The van der Waals surface area contributed by atoms with E-state index in [4.69, 9.17) is 4.74 Å². The number of aryl methyl sites for hydroxylation is 1. The predicted molar refractivity (Wildman–Crippen MR) is 71.2 cm³/mol. The molecule has 1 rings (SSSR count). The number of hydrogen-bond acceptors (Lipinski definition) is 2. The second-order valence-electron chi connectivity index (χ2n) is 4.34. The maximum Gasteiger partial charge on any atom is 0.0841 e. The van der Waals surface area contributed by atoms with Crippen LogP contribution in [0.4, 0.5) is 0 Å². The van der Waals surface area contributed by atoms with Crippen LogP contribution >= 0.6 is 0 Å². The van der Waals surface area contributed by atoms with E-state index in [1.807, 2.05) is 13.8 Å². The van der Waals surface area contributed by atoms with E-state index >= 15 is 0 Å². The van der Waals surface area contributed by atoms with E-state index < -0.39 is 6.10 Å². The highest BCUT2D eigenvalue weighted by Crippen LogP contribution is 2.12. The number of aliphatic hydroxyl groups is 1. The van der Waals surface area contributed by atoms with Gasteiger partial charge < -0.3 is 9.84 Å². The van der Waals surface area contributed by atoms with Crippen LogP contribution in [0.15, 0.2) is 24.3 Å². The third-order valence-electron chi connectivity index (χ3n) is 3.09. The summed E-state index contributed by atoms with van der Waals surface area (Å²) in [5.74, 6) is 0. The maximum absolute atomic E-state index is 10.1. The third-order valence-corrected chi connectivity index (χ3v) is 3.09. The number of rotatable bonds is 7. The molecule has 0 radical (unpaired) electrons. The number of benzene rings is 1. The zero-order chi connectivity index (χ0) is 12.7. The summed E-state index contributed by atoms with van der Waals surface area (Å²) in [6, 6.07) is 8.45. The van der Waals surface area contributed by atoms with Crippen LogP contribution in [0.25, 0.3) is 0 Å². The molecular formula is C15H24O2. The average Bonchev–Trinajstić information content (AvgIpc) is 2.36. The minimum Gasteiger partial charge on any atom is -0.390 e. The van der Waals surface area contributed by atoms with E-state index in [1.54, 1.807) is 0 Å². The van der Waals surface area contributed by atoms with Crippen molar-refractivity contribution in [3.05, 3.63) is 35.4 Å². The van der Waals surface area contributed by atoms with Gasteiger partial charge in [0.15, 0.2) is 0 Å². The second-order valence-corrected chi connectivity index (χ2v) is 4.34. The summed E-state index contributed by atoms with van der Waals surface area (Å²) in [6.45, 7) is 6.81. The first-order valence-electron chi connectivity index (χ1n) is 6.58. The Morgan fingerprint density at radius 2 is 1.65 bits per heavy atom. The van der Waals surface area contributed by atoms with Crippen molar-refractivity contribution < 1.29 is 9.84 Å². The van der Waals surface area contributed by atoms with Gasteiger partial charge in [0, 0.05) is 13.0 Å². The molecule has 0 aliphatic rings. The summed E-state index contributed by atoms with van der Waals surface area (Å²) in [7, 11) is 0. The summed E-state index contributed by atoms with van der Waals surface area (Å²) in [6.07, 6.45) is 2.11. The van der Waals surface area contributed by atoms with E-state index in [2.05, 4.69) is 31.2 Å². The van der Waals surface area contributed by atoms with Crippen molar-refractivity contribution in [3.8, 4) is 0 Å². The summed E-state index contributed by atoms with van der Waals surface area (Å²) in [5, 5.41) is 10.1. The zero-order valence-corrected chi connectivity index (χ0v) is 11.1. The summed E-state index contributed by atoms with van der Waals surface area (Å²) in [5.41, 5.74) is 2.51. The average molecular weight is 236 g/mol. The van der Waals surface area contributed by atoms with E-state index in [1.165, 1.54) is 11.1 Å². The molecule has 96 valence electrons. The van der Waals surface area contributed by atoms with Gasteiger partial charge in [0.25, 0.3) is 0 Å². The van der Waals surface area contributed by atoms with Gasteiger partial charge in [0.2, 0.25) is 0 Å². The van der Waals surface area contributed by atoms with Crippen LogP contribution in [0, 0.1) is 0 Å². The van der Waals surface area contributed by atoms with Gasteiger partial charge in [-0.3, -0.25) is 0 Å². The molecule has 2 atom stereocenters. The molecule has 2 unspecified atom stereocenters. The molecule has 1 aromatic carbocycles. The van der Waals surface area contributed by atoms with Crippen molar-refractivity contribution in [1.82, 2.24) is 0 Å². The Labute approximate surface area is 105 Å². The maximum atomic E-state index is 10.1. The minimum atomic E-state index is -0.410. The lowest BCUT2D eigenvalue weighted by Crippen LogP contribution is -2.30. The molecule has 1 N–H and O–H groups in total. The van der Waals surface area contributed by atoms with E-state index in [-0.39, 0.29) is 6.10 Å². The first-order chi connectivity index (χ1) is 8.21. The van der Waals surface area contributed by atoms with Crippen molar-refractivity contribution in [2.24, 2.45) is 0 Å². The van der Waals surface area contributed by atoms with E-state index in [0.717, 1.165) is 12.8 Å². The van der Waals surface area contributed by atoms with Crippen molar-refractivity contribution in [2.45, 2.75) is 52.2 Å². The Bertz CT molecular complexity index is 305. The fourth-order valence-electron chi connectivity index (χ4n) is 2.00. The first-order valence-corrected chi connectivity index (χ1v) is 6.58. The first kappa shape index (κ1) is 14.2. The van der Waals surface area contributed by atoms with Crippen LogP contribution in [0.1, 0.15) is 38.3 Å². The highest BCUT2D eigenvalue weighted by Gasteiger charge is 2.17. The monoisotopic (exact) mass is 236 g/mol. The van der Waals surface area contributed by atoms with Gasteiger partial charge in [-0.25, -0.2) is 0 Å². The normalized spacial score (nSPS) is 14.6. The molecule has 1 aromatic rings. The van der Waals surface area contributed by atoms with E-state index in [9.17, 15) is 5.11 Å². The van der Waals surface area contributed by atoms with Crippen molar-refractivity contribution >= 4 is 0 Å². The number of aliphatic hydroxyl groups excluding tert-OH is 1. The standard InChI is InChI=1S/C15H24O2/c1-4-12-7-9-13(10-8-12)11-14(16)15(5-2)17-6-3/h7-10,14-16H,4-6,11H2,1-3H3. The molecule has 0 aromatic heterocycles. The number of ether oxygens (including phenoxy) is 1. The second kappa shape index (κ2) is 7.46. The lowest BCUT2D eigenvalue weighted by Gasteiger charge is -2.21. The van der Waals surface area contributed by atoms with Crippen LogP contribution in [-0.4, -0.2) is 23.9 Å². The van der Waals surface area contributed by atoms with Crippen LogP contribution in [0.5, 0.6) is 0 Å². The Kier molecular flexibility index (Phi) is 6.23. The van der Waals surface area contributed by atoms with Gasteiger partial charge in [0.05, 0.1) is 12.2 Å². The summed E-state index contributed by atoms with van der Waals surface area (Å²) >= 11 is 0. The molecule has 0 aliphatic heterocycles. The Balaban J connectivity index is 2.56. The third kappa shape index (κ3) is 4.49. The number of hydrogen-bond donors (Lipinski definition) is 1.